The Morgan fingerprint density at radius 3 is 2.25 bits per heavy atom. The van der Waals surface area contributed by atoms with Crippen LogP contribution in [0.1, 0.15) is 9.68 Å². The van der Waals surface area contributed by atoms with Crippen LogP contribution in [-0.4, -0.2) is 14.5 Å². The predicted molar refractivity (Wildman–Crippen MR) is 197 cm³/mol. The van der Waals surface area contributed by atoms with E-state index in [4.69, 9.17) is 9.10 Å². The molecule has 0 aliphatic carbocycles. The molecular weight excluding hydrogens is 783 g/mol. The molecule has 6 aromatic carbocycles. The van der Waals surface area contributed by atoms with Gasteiger partial charge in [0.05, 0.1) is 16.9 Å². The van der Waals surface area contributed by atoms with Crippen molar-refractivity contribution in [2.24, 2.45) is 0 Å². The summed E-state index contributed by atoms with van der Waals surface area (Å²) in [5.41, 5.74) is 8.49. The molecule has 9 rings (SSSR count). The molecule has 3 heterocycles. The number of fused-ring (bicyclic) bond motifs is 4. The van der Waals surface area contributed by atoms with Crippen LogP contribution in [-0.2, 0) is 20.1 Å². The van der Waals surface area contributed by atoms with E-state index in [-0.39, 0.29) is 25.7 Å². The van der Waals surface area contributed by atoms with Gasteiger partial charge in [0.1, 0.15) is 0 Å². The molecule has 0 fully saturated rings. The summed E-state index contributed by atoms with van der Waals surface area (Å²) in [4.78, 5) is 9.20. The zero-order valence-corrected chi connectivity index (χ0v) is 28.8. The summed E-state index contributed by atoms with van der Waals surface area (Å²) in [6, 6.07) is 54.3. The van der Waals surface area contributed by atoms with Gasteiger partial charge in [-0.15, -0.1) is 47.3 Å². The van der Waals surface area contributed by atoms with Crippen molar-refractivity contribution in [1.82, 2.24) is 14.5 Å². The van der Waals surface area contributed by atoms with Gasteiger partial charge in [-0.25, -0.2) is 0 Å². The first-order valence-electron chi connectivity index (χ1n) is 16.8. The number of aromatic nitrogens is 3. The number of rotatable bonds is 4. The first kappa shape index (κ1) is 27.9. The molecule has 0 amide bonds. The van der Waals surface area contributed by atoms with Crippen molar-refractivity contribution in [2.75, 3.05) is 0 Å². The maximum atomic E-state index is 7.23. The van der Waals surface area contributed by atoms with Crippen molar-refractivity contribution < 1.29 is 24.2 Å². The van der Waals surface area contributed by atoms with Crippen molar-refractivity contribution in [3.05, 3.63) is 175 Å². The Balaban J connectivity index is 0.000000202. The third kappa shape index (κ3) is 6.12. The maximum absolute atomic E-state index is 7.23. The summed E-state index contributed by atoms with van der Waals surface area (Å²) in [5, 5.41) is 7.30. The minimum atomic E-state index is -2.09. The smallest absolute Gasteiger partial charge is 0.0774 e. The standard InChI is InChI=1S/C31H19N2S.C12H10N.Ir/c1-2-8-21(9-3-1)22-14-17-24(18-15-22)33-29-13-7-6-12-28(29)32-31(33)27-20-34-30-25-11-5-4-10-23(25)16-19-26(27)30;1-10-7-8-12(13-9-10)11-5-3-2-4-6-11;/h1-19H;2-5,7-9H,1H3;/q2*-1;/i;1D3;. The summed E-state index contributed by atoms with van der Waals surface area (Å²) < 4.78 is 25.2. The molecule has 0 saturated heterocycles. The van der Waals surface area contributed by atoms with Gasteiger partial charge in [0.15, 0.2) is 0 Å². The van der Waals surface area contributed by atoms with E-state index < -0.39 is 6.85 Å². The Hall–Kier alpha value is -5.19. The number of benzene rings is 6. The fourth-order valence-electron chi connectivity index (χ4n) is 5.87. The topological polar surface area (TPSA) is 30.7 Å². The molecule has 9 aromatic rings. The molecule has 233 valence electrons. The molecule has 0 saturated carbocycles. The number of nitrogens with zero attached hydrogens (tertiary/aromatic N) is 3. The van der Waals surface area contributed by atoms with Crippen LogP contribution in [0, 0.1) is 18.3 Å². The van der Waals surface area contributed by atoms with Crippen LogP contribution in [0.15, 0.2) is 158 Å². The van der Waals surface area contributed by atoms with Crippen LogP contribution in [0.5, 0.6) is 0 Å². The average Bonchev–Trinajstić information content (AvgIpc) is 3.78. The van der Waals surface area contributed by atoms with E-state index in [1.807, 2.05) is 30.3 Å². The van der Waals surface area contributed by atoms with Gasteiger partial charge in [0.2, 0.25) is 0 Å². The van der Waals surface area contributed by atoms with Gasteiger partial charge in [0.25, 0.3) is 0 Å². The second-order valence-electron chi connectivity index (χ2n) is 11.1. The molecule has 5 heteroatoms. The van der Waals surface area contributed by atoms with Crippen molar-refractivity contribution in [3.63, 3.8) is 0 Å². The van der Waals surface area contributed by atoms with Crippen LogP contribution in [0.2, 0.25) is 0 Å². The zero-order valence-electron chi connectivity index (χ0n) is 28.6. The predicted octanol–water partition coefficient (Wildman–Crippen LogP) is 11.4. The van der Waals surface area contributed by atoms with Crippen molar-refractivity contribution >= 4 is 43.2 Å². The van der Waals surface area contributed by atoms with E-state index in [0.29, 0.717) is 0 Å². The molecule has 0 N–H and O–H groups in total. The summed E-state index contributed by atoms with van der Waals surface area (Å²) in [6.45, 7) is -2.09. The third-order valence-electron chi connectivity index (χ3n) is 8.17. The summed E-state index contributed by atoms with van der Waals surface area (Å²) in [6.07, 6.45) is 1.39. The SMILES string of the molecule is [2H]C([2H])([2H])c1ccc(-c2[c-]cccc2)nc1.[Ir].[c-]1sc2c(ccc3ccccc32)c1-c1nc2ccccc2n1-c1ccc(-c2ccccc2)cc1. The van der Waals surface area contributed by atoms with E-state index in [9.17, 15) is 0 Å². The molecule has 3 nitrogen and oxygen atoms in total. The first-order valence-corrected chi connectivity index (χ1v) is 16.1. The fraction of sp³-hybridized carbons (Fsp3) is 0.0233. The Labute approximate surface area is 301 Å². The van der Waals surface area contributed by atoms with Gasteiger partial charge in [0, 0.05) is 36.1 Å². The minimum Gasteiger partial charge on any atom is -0.333 e. The summed E-state index contributed by atoms with van der Waals surface area (Å²) >= 11 is 1.67. The van der Waals surface area contributed by atoms with Crippen LogP contribution in [0.3, 0.4) is 0 Å². The average molecular weight is 815 g/mol. The molecule has 0 spiro atoms. The molecular formula is C43H29IrN3S-2. The molecule has 0 atom stereocenters. The number of hydrogen-bond acceptors (Lipinski definition) is 3. The van der Waals surface area contributed by atoms with Crippen LogP contribution >= 0.6 is 11.3 Å². The van der Waals surface area contributed by atoms with Crippen molar-refractivity contribution in [2.45, 2.75) is 6.85 Å². The number of hydrogen-bond donors (Lipinski definition) is 0. The Bertz CT molecular complexity index is 2560. The van der Waals surface area contributed by atoms with E-state index in [1.165, 1.54) is 38.2 Å². The molecule has 0 aliphatic rings. The second-order valence-corrected chi connectivity index (χ2v) is 11.9. The van der Waals surface area contributed by atoms with Gasteiger partial charge in [-0.1, -0.05) is 118 Å². The zero-order chi connectivity index (χ0) is 34.1. The Morgan fingerprint density at radius 2 is 1.46 bits per heavy atom. The largest absolute Gasteiger partial charge is 0.333 e. The van der Waals surface area contributed by atoms with Crippen molar-refractivity contribution in [3.8, 4) is 39.5 Å². The monoisotopic (exact) mass is 815 g/mol. The minimum absolute atomic E-state index is 0. The molecule has 48 heavy (non-hydrogen) atoms. The van der Waals surface area contributed by atoms with Gasteiger partial charge in [-0.05, 0) is 58.9 Å². The van der Waals surface area contributed by atoms with Gasteiger partial charge >= 0.3 is 0 Å². The van der Waals surface area contributed by atoms with E-state index in [0.717, 1.165) is 39.4 Å². The summed E-state index contributed by atoms with van der Waals surface area (Å²) in [5.74, 6) is 0.926. The number of aryl methyl sites for hydroxylation is 1. The third-order valence-corrected chi connectivity index (χ3v) is 9.12. The van der Waals surface area contributed by atoms with Crippen LogP contribution in [0.25, 0.3) is 71.4 Å². The molecule has 0 aliphatic heterocycles. The van der Waals surface area contributed by atoms with Crippen LogP contribution in [0.4, 0.5) is 0 Å². The van der Waals surface area contributed by atoms with Crippen molar-refractivity contribution in [1.29, 1.82) is 0 Å². The normalized spacial score (nSPS) is 12.0. The van der Waals surface area contributed by atoms with E-state index in [1.54, 1.807) is 29.5 Å². The number of para-hydroxylation sites is 2. The van der Waals surface area contributed by atoms with Gasteiger partial charge in [-0.2, -0.15) is 0 Å². The number of pyridine rings is 1. The fourth-order valence-corrected chi connectivity index (χ4v) is 6.85. The number of thiophene rings is 1. The van der Waals surface area contributed by atoms with E-state index >= 15 is 0 Å². The summed E-state index contributed by atoms with van der Waals surface area (Å²) in [7, 11) is 0. The molecule has 3 aromatic heterocycles. The molecule has 0 unspecified atom stereocenters. The Morgan fingerprint density at radius 1 is 0.688 bits per heavy atom. The first-order chi connectivity index (χ1) is 24.4. The van der Waals surface area contributed by atoms with Gasteiger partial charge < -0.3 is 9.55 Å². The maximum Gasteiger partial charge on any atom is 0.0774 e. The quantitative estimate of drug-likeness (QED) is 0.166. The van der Waals surface area contributed by atoms with Gasteiger partial charge in [-0.3, -0.25) is 16.3 Å². The molecule has 1 radical (unpaired) electrons. The van der Waals surface area contributed by atoms with E-state index in [2.05, 4.69) is 124 Å². The second kappa shape index (κ2) is 13.9. The Kier molecular flexibility index (Phi) is 8.07. The number of imidazole rings is 1. The van der Waals surface area contributed by atoms with Crippen LogP contribution < -0.4 is 0 Å². The molecule has 0 bridgehead atoms.